The number of thioether (sulfide) groups is 1. The van der Waals surface area contributed by atoms with E-state index in [0.29, 0.717) is 44.4 Å². The number of hydrogen-bond acceptors (Lipinski definition) is 6. The summed E-state index contributed by atoms with van der Waals surface area (Å²) in [6, 6.07) is 27.7. The molecule has 10 heteroatoms. The van der Waals surface area contributed by atoms with Gasteiger partial charge in [-0.05, 0) is 60.1 Å². The van der Waals surface area contributed by atoms with E-state index in [1.807, 2.05) is 133 Å². The van der Waals surface area contributed by atoms with Crippen molar-refractivity contribution >= 4 is 35.4 Å². The molecule has 5 N–H and O–H groups in total. The minimum Gasteiger partial charge on any atom is -0.390 e. The summed E-state index contributed by atoms with van der Waals surface area (Å²) < 4.78 is 0. The van der Waals surface area contributed by atoms with Gasteiger partial charge < -0.3 is 26.4 Å². The minimum absolute atomic E-state index is 0.0155. The third-order valence-corrected chi connectivity index (χ3v) is 10.3. The van der Waals surface area contributed by atoms with Crippen LogP contribution in [0.15, 0.2) is 91.0 Å². The van der Waals surface area contributed by atoms with Crippen LogP contribution in [0.3, 0.4) is 0 Å². The van der Waals surface area contributed by atoms with Crippen LogP contribution in [0.25, 0.3) is 0 Å². The molecule has 0 saturated carbocycles. The van der Waals surface area contributed by atoms with Gasteiger partial charge in [0.05, 0.1) is 23.8 Å². The zero-order valence-electron chi connectivity index (χ0n) is 32.9. The van der Waals surface area contributed by atoms with E-state index in [-0.39, 0.29) is 47.9 Å². The predicted molar refractivity (Wildman–Crippen MR) is 220 cm³/mol. The Balaban J connectivity index is 1.73. The topological polar surface area (TPSA) is 137 Å². The van der Waals surface area contributed by atoms with Crippen molar-refractivity contribution in [3.05, 3.63) is 108 Å². The van der Waals surface area contributed by atoms with Crippen LogP contribution >= 0.6 is 11.8 Å². The summed E-state index contributed by atoms with van der Waals surface area (Å²) >= 11 is 1.49. The van der Waals surface area contributed by atoms with E-state index in [1.165, 1.54) is 11.8 Å². The smallest absolute Gasteiger partial charge is 0.242 e. The van der Waals surface area contributed by atoms with E-state index in [1.54, 1.807) is 0 Å². The number of aliphatic hydroxyl groups is 1. The summed E-state index contributed by atoms with van der Waals surface area (Å²) in [7, 11) is 0. The lowest BCUT2D eigenvalue weighted by Gasteiger charge is -2.29. The molecule has 0 aliphatic heterocycles. The van der Waals surface area contributed by atoms with Crippen molar-refractivity contribution in [1.29, 1.82) is 0 Å². The summed E-state index contributed by atoms with van der Waals surface area (Å²) in [5.74, 6) is -0.000371. The first kappa shape index (κ1) is 44.2. The fraction of sp³-hybridized carbons (Fsp3) is 0.500. The Labute approximate surface area is 327 Å². The maximum atomic E-state index is 14.2. The summed E-state index contributed by atoms with van der Waals surface area (Å²) in [6.07, 6.45) is 0.956. The molecular formula is C44H62N4O5S. The lowest BCUT2D eigenvalue weighted by atomic mass is 9.96. The molecule has 3 rings (SSSR count). The van der Waals surface area contributed by atoms with Crippen LogP contribution in [-0.4, -0.2) is 64.0 Å². The van der Waals surface area contributed by atoms with E-state index in [0.717, 1.165) is 16.7 Å². The van der Waals surface area contributed by atoms with Crippen molar-refractivity contribution < 1.29 is 24.3 Å². The molecule has 0 aliphatic rings. The van der Waals surface area contributed by atoms with E-state index < -0.39 is 29.3 Å². The Kier molecular flexibility index (Phi) is 19.3. The third-order valence-electron chi connectivity index (χ3n) is 8.92. The predicted octanol–water partition coefficient (Wildman–Crippen LogP) is 6.23. The highest BCUT2D eigenvalue weighted by Crippen LogP contribution is 2.22. The average molecular weight is 759 g/mol. The van der Waals surface area contributed by atoms with E-state index in [4.69, 9.17) is 0 Å². The Morgan fingerprint density at radius 1 is 0.593 bits per heavy atom. The molecule has 0 radical (unpaired) electrons. The molecule has 54 heavy (non-hydrogen) atoms. The molecule has 0 fully saturated rings. The molecule has 3 aromatic rings. The van der Waals surface area contributed by atoms with Crippen molar-refractivity contribution in [3.63, 3.8) is 0 Å². The normalized spacial score (nSPS) is 14.2. The van der Waals surface area contributed by atoms with Crippen molar-refractivity contribution in [2.75, 3.05) is 5.75 Å². The number of nitrogens with one attached hydrogen (secondary N) is 4. The molecule has 0 bridgehead atoms. The molecule has 4 amide bonds. The van der Waals surface area contributed by atoms with E-state index in [2.05, 4.69) is 21.3 Å². The number of amides is 4. The summed E-state index contributed by atoms with van der Waals surface area (Å²) in [5, 5.41) is 23.0. The van der Waals surface area contributed by atoms with Gasteiger partial charge in [0, 0.05) is 24.8 Å². The van der Waals surface area contributed by atoms with Crippen LogP contribution in [-0.2, 0) is 38.6 Å². The molecule has 0 aromatic heterocycles. The van der Waals surface area contributed by atoms with E-state index in [9.17, 15) is 24.3 Å². The summed E-state index contributed by atoms with van der Waals surface area (Å²) in [5.41, 5.74) is 3.05. The van der Waals surface area contributed by atoms with Gasteiger partial charge in [0.2, 0.25) is 23.6 Å². The fourth-order valence-corrected chi connectivity index (χ4v) is 7.48. The van der Waals surface area contributed by atoms with Crippen LogP contribution in [0.1, 0.15) is 83.9 Å². The fourth-order valence-electron chi connectivity index (χ4n) is 6.29. The highest BCUT2D eigenvalue weighted by atomic mass is 32.2. The minimum atomic E-state index is -1.17. The maximum absolute atomic E-state index is 14.2. The van der Waals surface area contributed by atoms with Gasteiger partial charge in [0.1, 0.15) is 6.04 Å². The molecule has 0 aliphatic carbocycles. The highest BCUT2D eigenvalue weighted by Gasteiger charge is 2.30. The largest absolute Gasteiger partial charge is 0.390 e. The Hall–Kier alpha value is -4.15. The van der Waals surface area contributed by atoms with Gasteiger partial charge in [-0.2, -0.15) is 0 Å². The molecule has 9 nitrogen and oxygen atoms in total. The Bertz CT molecular complexity index is 1550. The van der Waals surface area contributed by atoms with Crippen molar-refractivity contribution in [1.82, 2.24) is 21.3 Å². The molecule has 0 saturated heterocycles. The molecule has 5 unspecified atom stereocenters. The first-order valence-electron chi connectivity index (χ1n) is 19.4. The van der Waals surface area contributed by atoms with Crippen molar-refractivity contribution in [2.45, 2.75) is 116 Å². The monoisotopic (exact) mass is 758 g/mol. The highest BCUT2D eigenvalue weighted by molar-refractivity contribution is 8.00. The zero-order valence-corrected chi connectivity index (χ0v) is 33.7. The first-order chi connectivity index (χ1) is 25.8. The third kappa shape index (κ3) is 17.3. The van der Waals surface area contributed by atoms with Crippen LogP contribution in [0.2, 0.25) is 0 Å². The first-order valence-corrected chi connectivity index (χ1v) is 20.4. The number of carbonyl (C=O) groups is 4. The quantitative estimate of drug-likeness (QED) is 0.0778. The zero-order chi connectivity index (χ0) is 39.5. The van der Waals surface area contributed by atoms with Gasteiger partial charge in [-0.25, -0.2) is 0 Å². The van der Waals surface area contributed by atoms with Gasteiger partial charge in [0.25, 0.3) is 0 Å². The second-order valence-corrected chi connectivity index (χ2v) is 16.8. The SMILES string of the molecule is CC(C)CC(=O)NC(CSC(Cc1ccccc1)C(=O)NC(CC(C)C)C(O)CC(=O)NC(CC(C)C)C(=O)NCc1ccccc1)Cc1ccccc1. The number of rotatable bonds is 23. The summed E-state index contributed by atoms with van der Waals surface area (Å²) in [6.45, 7) is 12.4. The number of benzene rings is 3. The van der Waals surface area contributed by atoms with Gasteiger partial charge in [-0.3, -0.25) is 19.2 Å². The maximum Gasteiger partial charge on any atom is 0.242 e. The lowest BCUT2D eigenvalue weighted by molar-refractivity contribution is -0.131. The second-order valence-electron chi connectivity index (χ2n) is 15.5. The second kappa shape index (κ2) is 23.6. The lowest BCUT2D eigenvalue weighted by Crippen LogP contribution is -2.51. The van der Waals surface area contributed by atoms with Gasteiger partial charge in [0.15, 0.2) is 0 Å². The molecule has 0 heterocycles. The van der Waals surface area contributed by atoms with Crippen LogP contribution in [0.5, 0.6) is 0 Å². The number of aliphatic hydroxyl groups excluding tert-OH is 1. The van der Waals surface area contributed by atoms with Gasteiger partial charge >= 0.3 is 0 Å². The van der Waals surface area contributed by atoms with Crippen LogP contribution in [0, 0.1) is 17.8 Å². The van der Waals surface area contributed by atoms with Crippen LogP contribution in [0.4, 0.5) is 0 Å². The molecule has 3 aromatic carbocycles. The van der Waals surface area contributed by atoms with Crippen molar-refractivity contribution in [2.24, 2.45) is 17.8 Å². The number of hydrogen-bond donors (Lipinski definition) is 5. The standard InChI is InChI=1S/C44H62N4O5S/c1-30(2)22-37(39(49)27-42(51)47-38(23-31(3)4)43(52)45-28-35-20-14-9-15-21-35)48-44(53)40(26-34-18-12-8-13-19-34)54-29-36(46-41(50)24-32(5)6)25-33-16-10-7-11-17-33/h7-21,30-32,36-40,49H,22-29H2,1-6H3,(H,45,52)(H,46,50)(H,47,51)(H,48,53). The van der Waals surface area contributed by atoms with E-state index >= 15 is 0 Å². The van der Waals surface area contributed by atoms with Gasteiger partial charge in [-0.1, -0.05) is 133 Å². The molecule has 294 valence electrons. The Morgan fingerprint density at radius 3 is 1.65 bits per heavy atom. The van der Waals surface area contributed by atoms with Crippen LogP contribution < -0.4 is 21.3 Å². The molecular weight excluding hydrogens is 697 g/mol. The Morgan fingerprint density at radius 2 is 1.11 bits per heavy atom. The molecule has 5 atom stereocenters. The van der Waals surface area contributed by atoms with Crippen molar-refractivity contribution in [3.8, 4) is 0 Å². The van der Waals surface area contributed by atoms with Gasteiger partial charge in [-0.15, -0.1) is 11.8 Å². The average Bonchev–Trinajstić information content (AvgIpc) is 3.12. The number of carbonyl (C=O) groups excluding carboxylic acids is 4. The summed E-state index contributed by atoms with van der Waals surface area (Å²) in [4.78, 5) is 53.6. The molecule has 0 spiro atoms.